The first-order chi connectivity index (χ1) is 10.8. The molecule has 0 aliphatic carbocycles. The predicted octanol–water partition coefficient (Wildman–Crippen LogP) is 3.78. The van der Waals surface area contributed by atoms with Crippen LogP contribution in [0.3, 0.4) is 0 Å². The van der Waals surface area contributed by atoms with Crippen LogP contribution in [0.5, 0.6) is 5.75 Å². The summed E-state index contributed by atoms with van der Waals surface area (Å²) in [5.74, 6) is 0.425. The van der Waals surface area contributed by atoms with Crippen LogP contribution in [0.15, 0.2) is 23.0 Å². The minimum Gasteiger partial charge on any atom is -0.486 e. The highest BCUT2D eigenvalue weighted by Gasteiger charge is 2.17. The molecule has 0 saturated heterocycles. The van der Waals surface area contributed by atoms with Gasteiger partial charge in [-0.3, -0.25) is 9.78 Å². The highest BCUT2D eigenvalue weighted by molar-refractivity contribution is 6.29. The fraction of sp³-hybridized carbons (Fsp3) is 0.438. The van der Waals surface area contributed by atoms with Crippen LogP contribution in [-0.4, -0.2) is 21.6 Å². The zero-order valence-electron chi connectivity index (χ0n) is 13.6. The molecule has 7 heteroatoms. The minimum absolute atomic E-state index is 0.159. The van der Waals surface area contributed by atoms with E-state index in [4.69, 9.17) is 20.9 Å². The standard InChI is InChI=1S/C16H20ClN3O3/c1-10-11(15(17)23-20-10)5-6-14(21)19-12-9-18-8-7-13(12)22-16(2,3)4/h7-9H,5-6H2,1-4H3,(H,19,21). The van der Waals surface area contributed by atoms with Crippen molar-refractivity contribution >= 4 is 23.2 Å². The third-order valence-electron chi connectivity index (χ3n) is 3.01. The van der Waals surface area contributed by atoms with E-state index in [1.54, 1.807) is 25.4 Å². The van der Waals surface area contributed by atoms with Gasteiger partial charge in [0.2, 0.25) is 11.1 Å². The van der Waals surface area contributed by atoms with Crippen molar-refractivity contribution in [1.29, 1.82) is 0 Å². The van der Waals surface area contributed by atoms with Crippen molar-refractivity contribution in [3.8, 4) is 5.75 Å². The molecule has 0 aliphatic heterocycles. The number of nitrogens with one attached hydrogen (secondary N) is 1. The molecule has 0 radical (unpaired) electrons. The normalized spacial score (nSPS) is 11.3. The van der Waals surface area contributed by atoms with Crippen molar-refractivity contribution < 1.29 is 14.1 Å². The molecule has 2 heterocycles. The van der Waals surface area contributed by atoms with E-state index in [1.807, 2.05) is 20.8 Å². The first kappa shape index (κ1) is 17.3. The number of aromatic nitrogens is 2. The second kappa shape index (κ2) is 7.00. The fourth-order valence-corrected chi connectivity index (χ4v) is 2.25. The zero-order chi connectivity index (χ0) is 17.0. The SMILES string of the molecule is Cc1noc(Cl)c1CCC(=O)Nc1cnccc1OC(C)(C)C. The fourth-order valence-electron chi connectivity index (χ4n) is 1.99. The quantitative estimate of drug-likeness (QED) is 0.898. The summed E-state index contributed by atoms with van der Waals surface area (Å²) in [6.45, 7) is 7.61. The van der Waals surface area contributed by atoms with Crippen LogP contribution in [0.25, 0.3) is 0 Å². The third kappa shape index (κ3) is 4.96. The number of hydrogen-bond acceptors (Lipinski definition) is 5. The molecule has 2 rings (SSSR count). The third-order valence-corrected chi connectivity index (χ3v) is 3.31. The molecule has 2 aromatic heterocycles. The lowest BCUT2D eigenvalue weighted by Crippen LogP contribution is -2.24. The molecule has 0 atom stereocenters. The van der Waals surface area contributed by atoms with Crippen molar-refractivity contribution in [1.82, 2.24) is 10.1 Å². The Labute approximate surface area is 140 Å². The van der Waals surface area contributed by atoms with Gasteiger partial charge in [-0.15, -0.1) is 0 Å². The maximum Gasteiger partial charge on any atom is 0.229 e. The second-order valence-electron chi connectivity index (χ2n) is 6.15. The number of anilines is 1. The van der Waals surface area contributed by atoms with Gasteiger partial charge in [0, 0.05) is 24.2 Å². The maximum absolute atomic E-state index is 12.2. The molecule has 0 spiro atoms. The maximum atomic E-state index is 12.2. The molecule has 0 aromatic carbocycles. The molecule has 1 amide bonds. The molecule has 1 N–H and O–H groups in total. The van der Waals surface area contributed by atoms with Crippen LogP contribution in [-0.2, 0) is 11.2 Å². The highest BCUT2D eigenvalue weighted by atomic mass is 35.5. The molecular weight excluding hydrogens is 318 g/mol. The molecule has 0 saturated carbocycles. The first-order valence-electron chi connectivity index (χ1n) is 7.30. The van der Waals surface area contributed by atoms with Crippen molar-refractivity contribution in [3.63, 3.8) is 0 Å². The van der Waals surface area contributed by atoms with Crippen LogP contribution in [0.1, 0.15) is 38.4 Å². The minimum atomic E-state index is -0.367. The summed E-state index contributed by atoms with van der Waals surface area (Å²) in [7, 11) is 0. The second-order valence-corrected chi connectivity index (χ2v) is 6.50. The smallest absolute Gasteiger partial charge is 0.229 e. The lowest BCUT2D eigenvalue weighted by molar-refractivity contribution is -0.116. The van der Waals surface area contributed by atoms with E-state index >= 15 is 0 Å². The summed E-state index contributed by atoms with van der Waals surface area (Å²) in [6.07, 6.45) is 3.90. The monoisotopic (exact) mass is 337 g/mol. The number of carbonyl (C=O) groups is 1. The van der Waals surface area contributed by atoms with E-state index in [9.17, 15) is 4.79 Å². The predicted molar refractivity (Wildman–Crippen MR) is 87.8 cm³/mol. The van der Waals surface area contributed by atoms with Gasteiger partial charge >= 0.3 is 0 Å². The van der Waals surface area contributed by atoms with E-state index in [0.717, 1.165) is 5.56 Å². The van der Waals surface area contributed by atoms with Gasteiger partial charge in [-0.1, -0.05) is 5.16 Å². The average molecular weight is 338 g/mol. The van der Waals surface area contributed by atoms with E-state index in [0.29, 0.717) is 23.6 Å². The lowest BCUT2D eigenvalue weighted by Gasteiger charge is -2.23. The summed E-state index contributed by atoms with van der Waals surface area (Å²) < 4.78 is 10.7. The van der Waals surface area contributed by atoms with Gasteiger partial charge < -0.3 is 14.6 Å². The number of carbonyl (C=O) groups excluding carboxylic acids is 1. The van der Waals surface area contributed by atoms with Gasteiger partial charge in [-0.25, -0.2) is 0 Å². The first-order valence-corrected chi connectivity index (χ1v) is 7.67. The number of ether oxygens (including phenoxy) is 1. The number of aryl methyl sites for hydroxylation is 1. The summed E-state index contributed by atoms with van der Waals surface area (Å²) in [6, 6.07) is 1.72. The van der Waals surface area contributed by atoms with Gasteiger partial charge in [-0.2, -0.15) is 0 Å². The Kier molecular flexibility index (Phi) is 5.26. The summed E-state index contributed by atoms with van der Waals surface area (Å²) in [5.41, 5.74) is 1.62. The molecular formula is C16H20ClN3O3. The average Bonchev–Trinajstić information content (AvgIpc) is 2.76. The molecule has 0 fully saturated rings. The van der Waals surface area contributed by atoms with Crippen molar-refractivity contribution in [2.24, 2.45) is 0 Å². The Bertz CT molecular complexity index is 673. The van der Waals surface area contributed by atoms with Crippen LogP contribution in [0.4, 0.5) is 5.69 Å². The van der Waals surface area contributed by atoms with Crippen molar-refractivity contribution in [2.75, 3.05) is 5.32 Å². The number of rotatable bonds is 5. The van der Waals surface area contributed by atoms with Gasteiger partial charge in [-0.05, 0) is 45.7 Å². The highest BCUT2D eigenvalue weighted by Crippen LogP contribution is 2.27. The molecule has 2 aromatic rings. The number of nitrogens with zero attached hydrogens (tertiary/aromatic N) is 2. The van der Waals surface area contributed by atoms with Crippen molar-refractivity contribution in [3.05, 3.63) is 34.9 Å². The van der Waals surface area contributed by atoms with Gasteiger partial charge in [0.15, 0.2) is 0 Å². The zero-order valence-corrected chi connectivity index (χ0v) is 14.4. The van der Waals surface area contributed by atoms with Gasteiger partial charge in [0.05, 0.1) is 11.9 Å². The van der Waals surface area contributed by atoms with Crippen LogP contribution >= 0.6 is 11.6 Å². The lowest BCUT2D eigenvalue weighted by atomic mass is 10.1. The number of hydrogen-bond donors (Lipinski definition) is 1. The van der Waals surface area contributed by atoms with Crippen LogP contribution in [0, 0.1) is 6.92 Å². The Morgan fingerprint density at radius 2 is 2.17 bits per heavy atom. The molecule has 6 nitrogen and oxygen atoms in total. The topological polar surface area (TPSA) is 77.3 Å². The van der Waals surface area contributed by atoms with E-state index < -0.39 is 0 Å². The summed E-state index contributed by atoms with van der Waals surface area (Å²) >= 11 is 5.90. The molecule has 0 unspecified atom stereocenters. The van der Waals surface area contributed by atoms with Crippen LogP contribution < -0.4 is 10.1 Å². The Morgan fingerprint density at radius 1 is 1.43 bits per heavy atom. The summed E-state index contributed by atoms with van der Waals surface area (Å²) in [4.78, 5) is 16.2. The Hall–Kier alpha value is -2.08. The Morgan fingerprint density at radius 3 is 2.78 bits per heavy atom. The summed E-state index contributed by atoms with van der Waals surface area (Å²) in [5, 5.41) is 6.81. The molecule has 23 heavy (non-hydrogen) atoms. The van der Waals surface area contributed by atoms with E-state index in [2.05, 4.69) is 15.5 Å². The molecule has 124 valence electrons. The van der Waals surface area contributed by atoms with Gasteiger partial charge in [0.25, 0.3) is 0 Å². The van der Waals surface area contributed by atoms with Crippen LogP contribution in [0.2, 0.25) is 5.22 Å². The van der Waals surface area contributed by atoms with E-state index in [-0.39, 0.29) is 23.1 Å². The number of halogens is 1. The largest absolute Gasteiger partial charge is 0.486 e. The Balaban J connectivity index is 2.01. The molecule has 0 bridgehead atoms. The molecule has 0 aliphatic rings. The van der Waals surface area contributed by atoms with E-state index in [1.165, 1.54) is 0 Å². The number of pyridine rings is 1. The van der Waals surface area contributed by atoms with Crippen molar-refractivity contribution in [2.45, 2.75) is 46.1 Å². The van der Waals surface area contributed by atoms with Gasteiger partial charge in [0.1, 0.15) is 17.0 Å². The number of amides is 1.